The number of ether oxygens (including phenoxy) is 2. The van der Waals surface area contributed by atoms with E-state index in [1.807, 2.05) is 0 Å². The van der Waals surface area contributed by atoms with E-state index in [-0.39, 0.29) is 45.4 Å². The molecule has 4 atom stereocenters. The number of hydrogen-bond donors (Lipinski definition) is 2. The summed E-state index contributed by atoms with van der Waals surface area (Å²) >= 11 is 12.0. The maximum Gasteiger partial charge on any atom is 0.326 e. The van der Waals surface area contributed by atoms with Crippen LogP contribution < -0.4 is 9.47 Å². The Morgan fingerprint density at radius 3 is 1.31 bits per heavy atom. The van der Waals surface area contributed by atoms with Crippen LogP contribution in [-0.4, -0.2) is 118 Å². The van der Waals surface area contributed by atoms with E-state index in [1.165, 1.54) is 46.2 Å². The summed E-state index contributed by atoms with van der Waals surface area (Å²) in [4.78, 5) is 56.2. The number of hydrogen-bond acceptors (Lipinski definition) is 8. The van der Waals surface area contributed by atoms with Crippen molar-refractivity contribution in [1.29, 1.82) is 0 Å². The minimum Gasteiger partial charge on any atom is -0.493 e. The van der Waals surface area contributed by atoms with Gasteiger partial charge in [0.2, 0.25) is 0 Å². The highest BCUT2D eigenvalue weighted by Gasteiger charge is 2.41. The van der Waals surface area contributed by atoms with Crippen LogP contribution in [-0.2, 0) is 22.7 Å². The van der Waals surface area contributed by atoms with E-state index in [4.69, 9.17) is 32.7 Å². The highest BCUT2D eigenvalue weighted by molar-refractivity contribution is 6.31. The van der Waals surface area contributed by atoms with Crippen LogP contribution in [0.15, 0.2) is 60.7 Å². The first kappa shape index (κ1) is 53.4. The SMILES string of the molecule is C[C@@]1(COc2cc(F)c(C(=O)N3CCC[C@H]3C(=O)O)cc2C2CC2)CCN(Cc2cc(F)cc(Cl)c2)C1.C[C@]1(COc2cc(F)c(C(=O)N3CCC[C@H]3C(=O)O)cc2C2CC2)CCN(Cc2cc(F)cc(Cl)c2)C1. The molecule has 18 heteroatoms. The Morgan fingerprint density at radius 1 is 0.568 bits per heavy atom. The molecule has 2 aliphatic carbocycles. The van der Waals surface area contributed by atoms with Crippen molar-refractivity contribution in [1.82, 2.24) is 19.6 Å². The van der Waals surface area contributed by atoms with Crippen molar-refractivity contribution in [2.24, 2.45) is 10.8 Å². The number of nitrogens with zero attached hydrogens (tertiary/aromatic N) is 4. The van der Waals surface area contributed by atoms with Crippen molar-refractivity contribution in [2.45, 2.75) is 115 Å². The molecule has 4 aromatic rings. The predicted molar refractivity (Wildman–Crippen MR) is 270 cm³/mol. The van der Waals surface area contributed by atoms with Crippen LogP contribution in [0.25, 0.3) is 0 Å². The maximum atomic E-state index is 15.2. The van der Waals surface area contributed by atoms with Gasteiger partial charge in [-0.2, -0.15) is 0 Å². The smallest absolute Gasteiger partial charge is 0.326 e. The molecule has 12 nitrogen and oxygen atoms in total. The zero-order valence-electron chi connectivity index (χ0n) is 41.6. The molecule has 6 aliphatic rings. The minimum absolute atomic E-state index is 0.0885. The normalized spacial score (nSPS) is 24.0. The molecular formula is C56H62Cl2F4N4O8. The number of likely N-dealkylation sites (tertiary alicyclic amines) is 4. The third-order valence-corrected chi connectivity index (χ3v) is 15.8. The number of carbonyl (C=O) groups is 4. The van der Waals surface area contributed by atoms with Gasteiger partial charge in [-0.3, -0.25) is 19.4 Å². The standard InChI is InChI=1S/2C28H31ClF2N2O4/c2*1-28(6-8-32(15-28)14-17-9-19(29)11-20(30)10-17)16-37-25-13-23(31)22(12-21(25)18-4-5-18)26(34)33-7-2-3-24(33)27(35)36/h2*9-13,18,24H,2-8,14-16H2,1H3,(H,35,36)/t24-,28+;24-,28-/m00/s1. The summed E-state index contributed by atoms with van der Waals surface area (Å²) < 4.78 is 70.2. The van der Waals surface area contributed by atoms with Gasteiger partial charge in [-0.1, -0.05) is 37.0 Å². The molecule has 0 bridgehead atoms. The molecule has 0 radical (unpaired) electrons. The van der Waals surface area contributed by atoms with Crippen LogP contribution >= 0.6 is 23.2 Å². The van der Waals surface area contributed by atoms with Crippen molar-refractivity contribution < 1.29 is 56.4 Å². The second kappa shape index (κ2) is 22.0. The fraction of sp³-hybridized carbons (Fsp3) is 0.500. The van der Waals surface area contributed by atoms with Gasteiger partial charge in [-0.25, -0.2) is 27.2 Å². The van der Waals surface area contributed by atoms with Crippen LogP contribution in [0.2, 0.25) is 10.0 Å². The number of amides is 2. The molecule has 4 aliphatic heterocycles. The van der Waals surface area contributed by atoms with Gasteiger partial charge in [-0.05, 0) is 160 Å². The van der Waals surface area contributed by atoms with Gasteiger partial charge in [-0.15, -0.1) is 0 Å². The highest BCUT2D eigenvalue weighted by Crippen LogP contribution is 2.47. The van der Waals surface area contributed by atoms with Crippen molar-refractivity contribution in [2.75, 3.05) is 52.5 Å². The van der Waals surface area contributed by atoms with Crippen molar-refractivity contribution >= 4 is 47.0 Å². The molecule has 0 spiro atoms. The lowest BCUT2D eigenvalue weighted by molar-refractivity contribution is -0.142. The number of halogens is 6. The molecule has 0 aromatic heterocycles. The van der Waals surface area contributed by atoms with Crippen molar-refractivity contribution in [3.8, 4) is 11.5 Å². The van der Waals surface area contributed by atoms with Crippen molar-refractivity contribution in [3.63, 3.8) is 0 Å². The largest absolute Gasteiger partial charge is 0.493 e. The van der Waals surface area contributed by atoms with Gasteiger partial charge < -0.3 is 29.5 Å². The van der Waals surface area contributed by atoms with E-state index in [0.717, 1.165) is 87.0 Å². The molecule has 0 unspecified atom stereocenters. The van der Waals surface area contributed by atoms with E-state index in [9.17, 15) is 38.2 Å². The lowest BCUT2D eigenvalue weighted by Crippen LogP contribution is -2.40. The summed E-state index contributed by atoms with van der Waals surface area (Å²) in [5.74, 6) is -4.06. The summed E-state index contributed by atoms with van der Waals surface area (Å²) in [6.45, 7) is 9.92. The molecule has 396 valence electrons. The van der Waals surface area contributed by atoms with Crippen LogP contribution in [0.3, 0.4) is 0 Å². The quantitative estimate of drug-likeness (QED) is 0.104. The lowest BCUT2D eigenvalue weighted by atomic mass is 9.91. The molecule has 10 rings (SSSR count). The monoisotopic (exact) mass is 1060 g/mol. The van der Waals surface area contributed by atoms with E-state index in [2.05, 4.69) is 23.6 Å². The third kappa shape index (κ3) is 12.6. The molecule has 4 saturated heterocycles. The lowest BCUT2D eigenvalue weighted by Gasteiger charge is -2.26. The predicted octanol–water partition coefficient (Wildman–Crippen LogP) is 11.0. The van der Waals surface area contributed by atoms with Crippen LogP contribution in [0, 0.1) is 34.1 Å². The van der Waals surface area contributed by atoms with Gasteiger partial charge >= 0.3 is 11.9 Å². The fourth-order valence-electron chi connectivity index (χ4n) is 11.2. The van der Waals surface area contributed by atoms with Gasteiger partial charge in [0.1, 0.15) is 46.9 Å². The molecule has 6 fully saturated rings. The summed E-state index contributed by atoms with van der Waals surface area (Å²) in [5, 5.41) is 19.6. The molecular weight excluding hydrogens is 1000 g/mol. The zero-order chi connectivity index (χ0) is 52.6. The Labute approximate surface area is 438 Å². The first-order valence-electron chi connectivity index (χ1n) is 25.6. The van der Waals surface area contributed by atoms with E-state index in [1.54, 1.807) is 24.3 Å². The molecule has 4 aromatic carbocycles. The second-order valence-corrected chi connectivity index (χ2v) is 22.8. The van der Waals surface area contributed by atoms with Gasteiger partial charge in [0.15, 0.2) is 0 Å². The molecule has 2 saturated carbocycles. The topological polar surface area (TPSA) is 140 Å². The van der Waals surface area contributed by atoms with Crippen LogP contribution in [0.1, 0.15) is 133 Å². The van der Waals surface area contributed by atoms with Gasteiger partial charge in [0, 0.05) is 72.3 Å². The number of benzene rings is 4. The summed E-state index contributed by atoms with van der Waals surface area (Å²) in [6, 6.07) is 13.0. The second-order valence-electron chi connectivity index (χ2n) is 22.0. The number of carboxylic acids is 2. The van der Waals surface area contributed by atoms with E-state index >= 15 is 8.78 Å². The number of carbonyl (C=O) groups excluding carboxylic acids is 2. The zero-order valence-corrected chi connectivity index (χ0v) is 43.1. The first-order chi connectivity index (χ1) is 35.2. The Bertz CT molecular complexity index is 2590. The van der Waals surface area contributed by atoms with Gasteiger partial charge in [0.25, 0.3) is 11.8 Å². The van der Waals surface area contributed by atoms with E-state index in [0.29, 0.717) is 86.6 Å². The van der Waals surface area contributed by atoms with E-state index < -0.39 is 47.5 Å². The number of rotatable bonds is 16. The molecule has 74 heavy (non-hydrogen) atoms. The average Bonchev–Trinajstić information content (AvgIpc) is 4.15. The highest BCUT2D eigenvalue weighted by atomic mass is 35.5. The Balaban J connectivity index is 0.000000182. The molecule has 2 amide bonds. The van der Waals surface area contributed by atoms with Gasteiger partial charge in [0.05, 0.1) is 24.3 Å². The van der Waals surface area contributed by atoms with Crippen LogP contribution in [0.4, 0.5) is 17.6 Å². The number of carboxylic acid groups (broad SMARTS) is 2. The summed E-state index contributed by atoms with van der Waals surface area (Å²) in [7, 11) is 0. The first-order valence-corrected chi connectivity index (χ1v) is 26.3. The maximum absolute atomic E-state index is 15.2. The third-order valence-electron chi connectivity index (χ3n) is 15.4. The van der Waals surface area contributed by atoms with Crippen LogP contribution in [0.5, 0.6) is 11.5 Å². The number of aliphatic carboxylic acids is 2. The molecule has 4 heterocycles. The Kier molecular flexibility index (Phi) is 15.9. The Morgan fingerprint density at radius 2 is 0.959 bits per heavy atom. The van der Waals surface area contributed by atoms with Crippen molar-refractivity contribution in [3.05, 3.63) is 127 Å². The molecule has 2 N–H and O–H groups in total. The summed E-state index contributed by atoms with van der Waals surface area (Å²) in [6.07, 6.45) is 7.44. The average molecular weight is 1070 g/mol. The fourth-order valence-corrected chi connectivity index (χ4v) is 11.7. The summed E-state index contributed by atoms with van der Waals surface area (Å²) in [5.41, 5.74) is 2.73. The minimum atomic E-state index is -1.06. The Hall–Kier alpha value is -5.42.